The number of rotatable bonds is 5. The lowest BCUT2D eigenvalue weighted by Crippen LogP contribution is -2.10. The number of thiocarbonyl (C=S) groups is 1. The molecule has 4 nitrogen and oxygen atoms in total. The number of aromatic nitrogens is 2. The van der Waals surface area contributed by atoms with E-state index < -0.39 is 0 Å². The lowest BCUT2D eigenvalue weighted by Gasteiger charge is -2.07. The van der Waals surface area contributed by atoms with E-state index in [0.717, 1.165) is 15.8 Å². The highest BCUT2D eigenvalue weighted by molar-refractivity contribution is 9.10. The largest absolute Gasteiger partial charge is 0.492 e. The van der Waals surface area contributed by atoms with E-state index in [9.17, 15) is 0 Å². The number of hydrogen-bond donors (Lipinski definition) is 1. The molecule has 0 aliphatic heterocycles. The Morgan fingerprint density at radius 3 is 2.67 bits per heavy atom. The molecule has 2 aromatic rings. The summed E-state index contributed by atoms with van der Waals surface area (Å²) in [5.41, 5.74) is 6.36. The molecule has 94 valence electrons. The Balaban J connectivity index is 1.85. The average molecular weight is 326 g/mol. The van der Waals surface area contributed by atoms with Crippen molar-refractivity contribution in [1.29, 1.82) is 0 Å². The zero-order chi connectivity index (χ0) is 13.0. The first-order chi connectivity index (χ1) is 8.65. The summed E-state index contributed by atoms with van der Waals surface area (Å²) in [4.78, 5) is 0.392. The number of hydrogen-bond acceptors (Lipinski definition) is 3. The van der Waals surface area contributed by atoms with Gasteiger partial charge in [0.15, 0.2) is 0 Å². The van der Waals surface area contributed by atoms with Gasteiger partial charge in [0, 0.05) is 11.8 Å². The molecule has 0 aliphatic carbocycles. The molecule has 0 saturated heterocycles. The Morgan fingerprint density at radius 1 is 1.39 bits per heavy atom. The highest BCUT2D eigenvalue weighted by Gasteiger charge is 1.99. The molecule has 0 unspecified atom stereocenters. The third-order valence-electron chi connectivity index (χ3n) is 2.33. The smallest absolute Gasteiger partial charge is 0.119 e. The van der Waals surface area contributed by atoms with E-state index in [1.54, 1.807) is 6.20 Å². The molecule has 18 heavy (non-hydrogen) atoms. The lowest BCUT2D eigenvalue weighted by molar-refractivity contribution is 0.291. The molecule has 1 aromatic heterocycles. The summed E-state index contributed by atoms with van der Waals surface area (Å²) in [5, 5.41) is 4.14. The first kappa shape index (κ1) is 13.0. The lowest BCUT2D eigenvalue weighted by atomic mass is 10.2. The molecule has 0 spiro atoms. The predicted octanol–water partition coefficient (Wildman–Crippen LogP) is 2.36. The highest BCUT2D eigenvalue weighted by Crippen LogP contribution is 2.12. The van der Waals surface area contributed by atoms with Gasteiger partial charge in [-0.2, -0.15) is 5.10 Å². The van der Waals surface area contributed by atoms with Crippen LogP contribution in [-0.4, -0.2) is 21.4 Å². The average Bonchev–Trinajstić information content (AvgIpc) is 2.76. The van der Waals surface area contributed by atoms with Gasteiger partial charge in [0.2, 0.25) is 0 Å². The van der Waals surface area contributed by atoms with Crippen molar-refractivity contribution >= 4 is 33.1 Å². The van der Waals surface area contributed by atoms with Crippen LogP contribution < -0.4 is 10.5 Å². The fourth-order valence-electron chi connectivity index (χ4n) is 1.43. The second-order valence-electron chi connectivity index (χ2n) is 3.66. The van der Waals surface area contributed by atoms with Gasteiger partial charge in [-0.05, 0) is 40.2 Å². The fourth-order valence-corrected chi connectivity index (χ4v) is 1.90. The standard InChI is InChI=1S/C12H12BrN3OS/c13-10-7-15-16(8-10)5-6-17-11-3-1-9(2-4-11)12(14)18/h1-4,7-8H,5-6H2,(H2,14,18). The van der Waals surface area contributed by atoms with E-state index in [-0.39, 0.29) is 0 Å². The number of halogens is 1. The molecule has 2 rings (SSSR count). The molecule has 6 heteroatoms. The van der Waals surface area contributed by atoms with Crippen LogP contribution in [0.2, 0.25) is 0 Å². The van der Waals surface area contributed by atoms with Gasteiger partial charge in [0.05, 0.1) is 17.2 Å². The van der Waals surface area contributed by atoms with Gasteiger partial charge in [-0.3, -0.25) is 4.68 Å². The molecule has 0 atom stereocenters. The minimum absolute atomic E-state index is 0.392. The van der Waals surface area contributed by atoms with E-state index in [0.29, 0.717) is 18.1 Å². The van der Waals surface area contributed by atoms with Gasteiger partial charge >= 0.3 is 0 Å². The van der Waals surface area contributed by atoms with E-state index in [1.165, 1.54) is 0 Å². The first-order valence-electron chi connectivity index (χ1n) is 5.36. The Labute approximate surface area is 119 Å². The van der Waals surface area contributed by atoms with E-state index in [1.807, 2.05) is 35.1 Å². The van der Waals surface area contributed by atoms with E-state index in [2.05, 4.69) is 21.0 Å². The summed E-state index contributed by atoms with van der Waals surface area (Å²) >= 11 is 8.22. The van der Waals surface area contributed by atoms with Gasteiger partial charge in [-0.25, -0.2) is 0 Å². The molecule has 0 radical (unpaired) electrons. The first-order valence-corrected chi connectivity index (χ1v) is 6.56. The molecule has 1 aromatic carbocycles. The molecule has 0 aliphatic rings. The van der Waals surface area contributed by atoms with Crippen molar-refractivity contribution < 1.29 is 4.74 Å². The minimum Gasteiger partial charge on any atom is -0.492 e. The third kappa shape index (κ3) is 3.54. The van der Waals surface area contributed by atoms with Gasteiger partial charge in [-0.15, -0.1) is 0 Å². The van der Waals surface area contributed by atoms with Crippen LogP contribution in [0.1, 0.15) is 5.56 Å². The number of nitrogens with two attached hydrogens (primary N) is 1. The SMILES string of the molecule is NC(=S)c1ccc(OCCn2cc(Br)cn2)cc1. The third-order valence-corrected chi connectivity index (χ3v) is 2.97. The van der Waals surface area contributed by atoms with Gasteiger partial charge in [0.25, 0.3) is 0 Å². The summed E-state index contributed by atoms with van der Waals surface area (Å²) in [7, 11) is 0. The second kappa shape index (κ2) is 5.97. The van der Waals surface area contributed by atoms with Crippen molar-refractivity contribution in [3.8, 4) is 5.75 Å². The van der Waals surface area contributed by atoms with Crippen LogP contribution in [0.4, 0.5) is 0 Å². The normalized spacial score (nSPS) is 10.3. The Morgan fingerprint density at radius 2 is 2.11 bits per heavy atom. The molecule has 0 amide bonds. The summed E-state index contributed by atoms with van der Waals surface area (Å²) in [6.07, 6.45) is 3.65. The van der Waals surface area contributed by atoms with Crippen molar-refractivity contribution in [2.24, 2.45) is 5.73 Å². The zero-order valence-corrected chi connectivity index (χ0v) is 11.9. The van der Waals surface area contributed by atoms with Crippen molar-refractivity contribution in [2.75, 3.05) is 6.61 Å². The second-order valence-corrected chi connectivity index (χ2v) is 5.01. The van der Waals surface area contributed by atoms with E-state index in [4.69, 9.17) is 22.7 Å². The number of benzene rings is 1. The Hall–Kier alpha value is -1.40. The molecule has 0 saturated carbocycles. The number of ether oxygens (including phenoxy) is 1. The molecular weight excluding hydrogens is 314 g/mol. The molecule has 0 bridgehead atoms. The summed E-state index contributed by atoms with van der Waals surface area (Å²) < 4.78 is 8.37. The Kier molecular flexibility index (Phi) is 4.33. The van der Waals surface area contributed by atoms with Crippen molar-refractivity contribution in [2.45, 2.75) is 6.54 Å². The van der Waals surface area contributed by atoms with Crippen LogP contribution in [0.3, 0.4) is 0 Å². The Bertz CT molecular complexity index is 539. The fraction of sp³-hybridized carbons (Fsp3) is 0.167. The maximum Gasteiger partial charge on any atom is 0.119 e. The summed E-state index contributed by atoms with van der Waals surface area (Å²) in [5.74, 6) is 0.793. The predicted molar refractivity (Wildman–Crippen MR) is 77.8 cm³/mol. The van der Waals surface area contributed by atoms with Crippen LogP contribution in [-0.2, 0) is 6.54 Å². The van der Waals surface area contributed by atoms with Gasteiger partial charge < -0.3 is 10.5 Å². The van der Waals surface area contributed by atoms with Crippen molar-refractivity contribution in [3.63, 3.8) is 0 Å². The van der Waals surface area contributed by atoms with Crippen LogP contribution >= 0.6 is 28.1 Å². The molecular formula is C12H12BrN3OS. The van der Waals surface area contributed by atoms with E-state index >= 15 is 0 Å². The highest BCUT2D eigenvalue weighted by atomic mass is 79.9. The quantitative estimate of drug-likeness (QED) is 0.857. The van der Waals surface area contributed by atoms with Crippen LogP contribution in [0.25, 0.3) is 0 Å². The summed E-state index contributed by atoms with van der Waals surface area (Å²) in [6.45, 7) is 1.25. The molecule has 2 N–H and O–H groups in total. The minimum atomic E-state index is 0.392. The maximum absolute atomic E-state index is 5.59. The topological polar surface area (TPSA) is 53.1 Å². The van der Waals surface area contributed by atoms with Crippen LogP contribution in [0, 0.1) is 0 Å². The van der Waals surface area contributed by atoms with Crippen molar-refractivity contribution in [1.82, 2.24) is 9.78 Å². The van der Waals surface area contributed by atoms with Gasteiger partial charge in [0.1, 0.15) is 17.3 Å². The zero-order valence-electron chi connectivity index (χ0n) is 9.54. The maximum atomic E-state index is 5.59. The van der Waals surface area contributed by atoms with Gasteiger partial charge in [-0.1, -0.05) is 12.2 Å². The monoisotopic (exact) mass is 325 g/mol. The van der Waals surface area contributed by atoms with Crippen molar-refractivity contribution in [3.05, 3.63) is 46.7 Å². The van der Waals surface area contributed by atoms with Crippen LogP contribution in [0.15, 0.2) is 41.1 Å². The molecule has 0 fully saturated rings. The number of nitrogens with zero attached hydrogens (tertiary/aromatic N) is 2. The summed E-state index contributed by atoms with van der Waals surface area (Å²) in [6, 6.07) is 7.41. The van der Waals surface area contributed by atoms with Crippen LogP contribution in [0.5, 0.6) is 5.75 Å². The molecule has 1 heterocycles.